The summed E-state index contributed by atoms with van der Waals surface area (Å²) in [5.74, 6) is 1.26. The quantitative estimate of drug-likeness (QED) is 0.889. The zero-order chi connectivity index (χ0) is 14.7. The molecule has 21 heavy (non-hydrogen) atoms. The van der Waals surface area contributed by atoms with E-state index in [0.717, 1.165) is 62.3 Å². The zero-order valence-corrected chi connectivity index (χ0v) is 12.2. The number of hydrogen-bond acceptors (Lipinski definition) is 5. The molecule has 5 heteroatoms. The highest BCUT2D eigenvalue weighted by Gasteiger charge is 2.19. The number of fused-ring (bicyclic) bond motifs is 1. The van der Waals surface area contributed by atoms with Crippen LogP contribution in [0.2, 0.25) is 0 Å². The summed E-state index contributed by atoms with van der Waals surface area (Å²) in [6.45, 7) is 5.84. The van der Waals surface area contributed by atoms with Gasteiger partial charge in [-0.2, -0.15) is 0 Å². The van der Waals surface area contributed by atoms with Crippen molar-refractivity contribution in [1.29, 1.82) is 0 Å². The molecule has 0 unspecified atom stereocenters. The van der Waals surface area contributed by atoms with Gasteiger partial charge < -0.3 is 15.7 Å². The van der Waals surface area contributed by atoms with E-state index in [-0.39, 0.29) is 0 Å². The third kappa shape index (κ3) is 3.09. The van der Waals surface area contributed by atoms with Gasteiger partial charge in [0.1, 0.15) is 11.6 Å². The Morgan fingerprint density at radius 3 is 2.71 bits per heavy atom. The number of nitrogens with two attached hydrogens (primary N) is 1. The van der Waals surface area contributed by atoms with Gasteiger partial charge in [-0.1, -0.05) is 6.07 Å². The molecule has 1 aliphatic heterocycles. The van der Waals surface area contributed by atoms with Gasteiger partial charge in [0.15, 0.2) is 0 Å². The van der Waals surface area contributed by atoms with Crippen molar-refractivity contribution >= 4 is 16.6 Å². The van der Waals surface area contributed by atoms with Crippen LogP contribution in [0, 0.1) is 0 Å². The van der Waals surface area contributed by atoms with Gasteiger partial charge in [-0.05, 0) is 43.1 Å². The first-order valence-corrected chi connectivity index (χ1v) is 7.53. The van der Waals surface area contributed by atoms with E-state index < -0.39 is 0 Å². The van der Waals surface area contributed by atoms with Crippen LogP contribution in [0.3, 0.4) is 0 Å². The fourth-order valence-electron chi connectivity index (χ4n) is 2.89. The van der Waals surface area contributed by atoms with Crippen molar-refractivity contribution in [3.63, 3.8) is 0 Å². The number of nitrogens with zero attached hydrogens (tertiary/aromatic N) is 3. The van der Waals surface area contributed by atoms with E-state index in [1.807, 2.05) is 18.3 Å². The Kier molecular flexibility index (Phi) is 4.22. The van der Waals surface area contributed by atoms with E-state index >= 15 is 0 Å². The lowest BCUT2D eigenvalue weighted by Gasteiger charge is -2.35. The molecule has 0 saturated carbocycles. The minimum atomic E-state index is 0.290. The Labute approximate surface area is 125 Å². The number of pyridine rings is 1. The molecule has 0 bridgehead atoms. The topological polar surface area (TPSA) is 65.6 Å². The molecule has 2 heterocycles. The summed E-state index contributed by atoms with van der Waals surface area (Å²) in [4.78, 5) is 9.29. The first kappa shape index (κ1) is 14.1. The van der Waals surface area contributed by atoms with Crippen LogP contribution in [0.5, 0.6) is 5.75 Å². The second-order valence-corrected chi connectivity index (χ2v) is 5.51. The standard InChI is InChI=1S/C16H22N4O/c17-5-1-7-19-8-10-20(11-9-19)16-15-12-14(21)3-2-13(15)4-6-18-16/h2-4,6,12,21H,1,5,7-11,17H2. The normalized spacial score (nSPS) is 16.5. The van der Waals surface area contributed by atoms with Crippen LogP contribution in [-0.2, 0) is 0 Å². The summed E-state index contributed by atoms with van der Waals surface area (Å²) in [7, 11) is 0. The molecule has 1 saturated heterocycles. The number of phenols is 1. The molecule has 2 aromatic rings. The van der Waals surface area contributed by atoms with Crippen molar-refractivity contribution in [1.82, 2.24) is 9.88 Å². The van der Waals surface area contributed by atoms with E-state index in [2.05, 4.69) is 14.8 Å². The van der Waals surface area contributed by atoms with Crippen molar-refractivity contribution < 1.29 is 5.11 Å². The zero-order valence-electron chi connectivity index (χ0n) is 12.2. The van der Waals surface area contributed by atoms with Gasteiger partial charge in [0.2, 0.25) is 0 Å². The molecule has 5 nitrogen and oxygen atoms in total. The molecule has 0 atom stereocenters. The molecule has 0 radical (unpaired) electrons. The van der Waals surface area contributed by atoms with Crippen molar-refractivity contribution in [3.8, 4) is 5.75 Å². The smallest absolute Gasteiger partial charge is 0.136 e. The number of rotatable bonds is 4. The second-order valence-electron chi connectivity index (χ2n) is 5.51. The minimum Gasteiger partial charge on any atom is -0.508 e. The fourth-order valence-corrected chi connectivity index (χ4v) is 2.89. The van der Waals surface area contributed by atoms with E-state index in [1.165, 1.54) is 0 Å². The Morgan fingerprint density at radius 2 is 1.95 bits per heavy atom. The highest BCUT2D eigenvalue weighted by molar-refractivity contribution is 5.93. The van der Waals surface area contributed by atoms with Gasteiger partial charge in [-0.15, -0.1) is 0 Å². The van der Waals surface area contributed by atoms with Gasteiger partial charge in [0, 0.05) is 37.8 Å². The molecule has 1 aliphatic rings. The van der Waals surface area contributed by atoms with Crippen LogP contribution in [0.25, 0.3) is 10.8 Å². The maximum Gasteiger partial charge on any atom is 0.136 e. The van der Waals surface area contributed by atoms with Gasteiger partial charge in [-0.3, -0.25) is 4.90 Å². The summed E-state index contributed by atoms with van der Waals surface area (Å²) in [5, 5.41) is 11.9. The van der Waals surface area contributed by atoms with Crippen LogP contribution in [-0.4, -0.2) is 54.3 Å². The molecule has 3 rings (SSSR count). The van der Waals surface area contributed by atoms with Crippen molar-refractivity contribution in [3.05, 3.63) is 30.5 Å². The molecular weight excluding hydrogens is 264 g/mol. The third-order valence-corrected chi connectivity index (χ3v) is 4.08. The van der Waals surface area contributed by atoms with Crippen LogP contribution >= 0.6 is 0 Å². The number of phenolic OH excluding ortho intramolecular Hbond substituents is 1. The molecule has 0 spiro atoms. The van der Waals surface area contributed by atoms with Crippen molar-refractivity contribution in [2.45, 2.75) is 6.42 Å². The molecular formula is C16H22N4O. The van der Waals surface area contributed by atoms with Crippen molar-refractivity contribution in [2.75, 3.05) is 44.2 Å². The number of anilines is 1. The predicted molar refractivity (Wildman–Crippen MR) is 85.7 cm³/mol. The van der Waals surface area contributed by atoms with Crippen LogP contribution < -0.4 is 10.6 Å². The van der Waals surface area contributed by atoms with Crippen molar-refractivity contribution in [2.24, 2.45) is 5.73 Å². The SMILES string of the molecule is NCCCN1CCN(c2nccc3ccc(O)cc23)CC1. The van der Waals surface area contributed by atoms with E-state index in [1.54, 1.807) is 12.1 Å². The largest absolute Gasteiger partial charge is 0.508 e. The minimum absolute atomic E-state index is 0.290. The van der Waals surface area contributed by atoms with E-state index in [0.29, 0.717) is 5.75 Å². The summed E-state index contributed by atoms with van der Waals surface area (Å²) in [5.41, 5.74) is 5.57. The van der Waals surface area contributed by atoms with E-state index in [9.17, 15) is 5.11 Å². The van der Waals surface area contributed by atoms with Crippen LogP contribution in [0.15, 0.2) is 30.5 Å². The number of aromatic hydroxyl groups is 1. The third-order valence-electron chi connectivity index (χ3n) is 4.08. The summed E-state index contributed by atoms with van der Waals surface area (Å²) in [6.07, 6.45) is 2.90. The highest BCUT2D eigenvalue weighted by Crippen LogP contribution is 2.28. The summed E-state index contributed by atoms with van der Waals surface area (Å²) in [6, 6.07) is 7.44. The second kappa shape index (κ2) is 6.28. The van der Waals surface area contributed by atoms with Gasteiger partial charge in [0.05, 0.1) is 0 Å². The van der Waals surface area contributed by atoms with Crippen LogP contribution in [0.1, 0.15) is 6.42 Å². The molecule has 112 valence electrons. The Morgan fingerprint density at radius 1 is 1.14 bits per heavy atom. The maximum atomic E-state index is 9.73. The number of piperazine rings is 1. The molecule has 1 fully saturated rings. The summed E-state index contributed by atoms with van der Waals surface area (Å²) < 4.78 is 0. The number of benzene rings is 1. The number of hydrogen-bond donors (Lipinski definition) is 2. The lowest BCUT2D eigenvalue weighted by Crippen LogP contribution is -2.47. The lowest BCUT2D eigenvalue weighted by atomic mass is 10.1. The molecule has 1 aromatic carbocycles. The molecule has 3 N–H and O–H groups in total. The Balaban J connectivity index is 1.78. The van der Waals surface area contributed by atoms with E-state index in [4.69, 9.17) is 5.73 Å². The van der Waals surface area contributed by atoms with Gasteiger partial charge >= 0.3 is 0 Å². The molecule has 1 aromatic heterocycles. The fraction of sp³-hybridized carbons (Fsp3) is 0.438. The van der Waals surface area contributed by atoms with Gasteiger partial charge in [-0.25, -0.2) is 4.98 Å². The maximum absolute atomic E-state index is 9.73. The average Bonchev–Trinajstić information content (AvgIpc) is 2.53. The highest BCUT2D eigenvalue weighted by atomic mass is 16.3. The Hall–Kier alpha value is -1.85. The Bertz CT molecular complexity index is 608. The monoisotopic (exact) mass is 286 g/mol. The predicted octanol–water partition coefficient (Wildman–Crippen LogP) is 1.41. The first-order chi connectivity index (χ1) is 10.3. The number of aromatic nitrogens is 1. The summed E-state index contributed by atoms with van der Waals surface area (Å²) >= 11 is 0. The first-order valence-electron chi connectivity index (χ1n) is 7.53. The molecule has 0 aliphatic carbocycles. The van der Waals surface area contributed by atoms with Gasteiger partial charge in [0.25, 0.3) is 0 Å². The van der Waals surface area contributed by atoms with Crippen LogP contribution in [0.4, 0.5) is 5.82 Å². The lowest BCUT2D eigenvalue weighted by molar-refractivity contribution is 0.256. The average molecular weight is 286 g/mol. The molecule has 0 amide bonds.